The van der Waals surface area contributed by atoms with Gasteiger partial charge in [-0.1, -0.05) is 36.4 Å². The highest BCUT2D eigenvalue weighted by molar-refractivity contribution is 8.06. The second kappa shape index (κ2) is 10.3. The number of ketones is 1. The van der Waals surface area contributed by atoms with Crippen LogP contribution in [-0.4, -0.2) is 40.1 Å². The molecule has 3 aliphatic rings. The van der Waals surface area contributed by atoms with E-state index in [4.69, 9.17) is 4.99 Å². The lowest BCUT2D eigenvalue weighted by molar-refractivity contribution is -0.110. The Morgan fingerprint density at radius 3 is 2.31 bits per heavy atom. The first-order valence-electron chi connectivity index (χ1n) is 11.9. The van der Waals surface area contributed by atoms with E-state index in [2.05, 4.69) is 47.0 Å². The summed E-state index contributed by atoms with van der Waals surface area (Å²) < 4.78 is 0. The number of aromatic hydroxyl groups is 1. The van der Waals surface area contributed by atoms with Gasteiger partial charge in [-0.25, -0.2) is 10.0 Å². The number of thioether (sulfide) groups is 1. The van der Waals surface area contributed by atoms with E-state index < -0.39 is 0 Å². The number of nitrogens with zero attached hydrogens (tertiary/aromatic N) is 4. The maximum Gasteiger partial charge on any atom is 0.240 e. The number of benzene rings is 2. The van der Waals surface area contributed by atoms with Gasteiger partial charge < -0.3 is 10.0 Å². The van der Waals surface area contributed by atoms with Crippen molar-refractivity contribution >= 4 is 29.4 Å². The molecular formula is C29H27N4O2S. The average molecular weight is 496 g/mol. The van der Waals surface area contributed by atoms with Gasteiger partial charge in [0.2, 0.25) is 5.50 Å². The SMILES string of the molecule is CCN1[C](N=Cc2ccc(O)cc2)SC2=C1C(=CC=C1C=CC(=O)C=C1)N(CC)N2c1ccccc1. The highest BCUT2D eigenvalue weighted by atomic mass is 32.2. The van der Waals surface area contributed by atoms with Gasteiger partial charge in [-0.3, -0.25) is 9.80 Å². The summed E-state index contributed by atoms with van der Waals surface area (Å²) in [5.41, 5.74) is 6.06. The summed E-state index contributed by atoms with van der Waals surface area (Å²) in [6.07, 6.45) is 12.9. The molecule has 0 fully saturated rings. The zero-order chi connectivity index (χ0) is 25.1. The molecule has 0 unspecified atom stereocenters. The fraction of sp³-hybridized carbons (Fsp3) is 0.138. The number of para-hydroxylation sites is 1. The van der Waals surface area contributed by atoms with Crippen LogP contribution in [0.25, 0.3) is 0 Å². The molecule has 0 aromatic heterocycles. The standard InChI is InChI=1S/C29H27N4O2S/c1-3-31-27-26(19-14-21-10-15-24(34)16-11-21)32(4-2)33(23-8-6-5-7-9-23)28(27)36-29(31)30-20-22-12-17-25(35)18-13-22/h5-20,35H,3-4H2,1-2H3. The molecule has 2 aliphatic heterocycles. The minimum Gasteiger partial charge on any atom is -0.508 e. The monoisotopic (exact) mass is 495 g/mol. The molecule has 0 spiro atoms. The summed E-state index contributed by atoms with van der Waals surface area (Å²) in [5, 5.41) is 15.2. The minimum absolute atomic E-state index is 0.00573. The van der Waals surface area contributed by atoms with E-state index in [1.165, 1.54) is 0 Å². The smallest absolute Gasteiger partial charge is 0.240 e. The van der Waals surface area contributed by atoms with E-state index in [1.54, 1.807) is 36.0 Å². The van der Waals surface area contributed by atoms with Crippen LogP contribution in [-0.2, 0) is 4.79 Å². The highest BCUT2D eigenvalue weighted by Crippen LogP contribution is 2.54. The lowest BCUT2D eigenvalue weighted by Gasteiger charge is -2.35. The van der Waals surface area contributed by atoms with Crippen molar-refractivity contribution in [2.45, 2.75) is 13.8 Å². The van der Waals surface area contributed by atoms with Crippen LogP contribution in [0, 0.1) is 5.50 Å². The van der Waals surface area contributed by atoms with E-state index in [-0.39, 0.29) is 11.5 Å². The molecule has 1 radical (unpaired) electrons. The van der Waals surface area contributed by atoms with Crippen LogP contribution in [0.1, 0.15) is 19.4 Å². The Balaban J connectivity index is 1.54. The quantitative estimate of drug-likeness (QED) is 0.515. The molecule has 1 aliphatic carbocycles. The zero-order valence-electron chi connectivity index (χ0n) is 20.2. The van der Waals surface area contributed by atoms with Gasteiger partial charge >= 0.3 is 0 Å². The number of aliphatic imine (C=N–C) groups is 1. The number of carbonyl (C=O) groups excluding carboxylic acids is 1. The molecule has 36 heavy (non-hydrogen) atoms. The average Bonchev–Trinajstić information content (AvgIpc) is 3.41. The fourth-order valence-corrected chi connectivity index (χ4v) is 5.48. The van der Waals surface area contributed by atoms with Gasteiger partial charge in [-0.15, -0.1) is 0 Å². The largest absolute Gasteiger partial charge is 0.508 e. The number of likely N-dealkylation sites (N-methyl/N-ethyl adjacent to an activating group) is 2. The molecule has 0 saturated heterocycles. The predicted molar refractivity (Wildman–Crippen MR) is 147 cm³/mol. The van der Waals surface area contributed by atoms with E-state index in [0.717, 1.165) is 51.8 Å². The van der Waals surface area contributed by atoms with Crippen LogP contribution < -0.4 is 5.01 Å². The number of hydrazine groups is 1. The Morgan fingerprint density at radius 1 is 0.917 bits per heavy atom. The van der Waals surface area contributed by atoms with Crippen LogP contribution in [0.5, 0.6) is 5.75 Å². The number of allylic oxidation sites excluding steroid dienone is 7. The molecule has 2 heterocycles. The third kappa shape index (κ3) is 4.62. The van der Waals surface area contributed by atoms with E-state index in [9.17, 15) is 9.90 Å². The van der Waals surface area contributed by atoms with Crippen LogP contribution in [0.4, 0.5) is 5.69 Å². The maximum absolute atomic E-state index is 11.5. The van der Waals surface area contributed by atoms with Crippen molar-refractivity contribution in [2.24, 2.45) is 4.99 Å². The number of phenolic OH excluding ortho intramolecular Hbond substituents is 1. The Hall–Kier alpha value is -3.97. The summed E-state index contributed by atoms with van der Waals surface area (Å²) in [6, 6.07) is 17.4. The van der Waals surface area contributed by atoms with E-state index in [1.807, 2.05) is 54.8 Å². The van der Waals surface area contributed by atoms with Crippen LogP contribution in [0.15, 0.2) is 118 Å². The molecule has 1 N–H and O–H groups in total. The molecule has 0 bridgehead atoms. The van der Waals surface area contributed by atoms with Gasteiger partial charge in [0.25, 0.3) is 0 Å². The van der Waals surface area contributed by atoms with Gasteiger partial charge in [0.15, 0.2) is 5.78 Å². The molecule has 2 aromatic carbocycles. The molecule has 181 valence electrons. The van der Waals surface area contributed by atoms with Gasteiger partial charge in [-0.05, 0) is 91.4 Å². The molecule has 5 rings (SSSR count). The summed E-state index contributed by atoms with van der Waals surface area (Å²) in [4.78, 5) is 18.6. The van der Waals surface area contributed by atoms with Gasteiger partial charge in [0.1, 0.15) is 10.8 Å². The number of hydrogen-bond donors (Lipinski definition) is 1. The number of anilines is 1. The normalized spacial score (nSPS) is 18.9. The predicted octanol–water partition coefficient (Wildman–Crippen LogP) is 5.76. The van der Waals surface area contributed by atoms with Crippen molar-refractivity contribution in [3.63, 3.8) is 0 Å². The number of phenols is 1. The third-order valence-corrected chi connectivity index (χ3v) is 7.06. The lowest BCUT2D eigenvalue weighted by atomic mass is 10.1. The van der Waals surface area contributed by atoms with E-state index >= 15 is 0 Å². The first kappa shape index (κ1) is 23.8. The first-order valence-corrected chi connectivity index (χ1v) is 12.8. The number of rotatable bonds is 6. The Labute approximate surface area is 215 Å². The maximum atomic E-state index is 11.5. The van der Waals surface area contributed by atoms with Gasteiger partial charge in [0.05, 0.1) is 17.1 Å². The molecule has 0 amide bonds. The summed E-state index contributed by atoms with van der Waals surface area (Å²) in [7, 11) is 0. The van der Waals surface area contributed by atoms with Crippen molar-refractivity contribution in [1.29, 1.82) is 0 Å². The van der Waals surface area contributed by atoms with Crippen LogP contribution >= 0.6 is 11.8 Å². The molecular weight excluding hydrogens is 468 g/mol. The van der Waals surface area contributed by atoms with Crippen LogP contribution in [0.3, 0.4) is 0 Å². The second-order valence-electron chi connectivity index (χ2n) is 8.28. The molecule has 0 atom stereocenters. The molecule has 2 aromatic rings. The Kier molecular flexibility index (Phi) is 6.82. The van der Waals surface area contributed by atoms with Crippen molar-refractivity contribution < 1.29 is 9.90 Å². The number of carbonyl (C=O) groups is 1. The van der Waals surface area contributed by atoms with Crippen LogP contribution in [0.2, 0.25) is 0 Å². The highest BCUT2D eigenvalue weighted by Gasteiger charge is 2.45. The second-order valence-corrected chi connectivity index (χ2v) is 9.24. The Bertz CT molecular complexity index is 1300. The fourth-order valence-electron chi connectivity index (χ4n) is 4.27. The summed E-state index contributed by atoms with van der Waals surface area (Å²) in [5.74, 6) is 0.242. The lowest BCUT2D eigenvalue weighted by Crippen LogP contribution is -2.37. The zero-order valence-corrected chi connectivity index (χ0v) is 21.0. The summed E-state index contributed by atoms with van der Waals surface area (Å²) in [6.45, 7) is 5.82. The Morgan fingerprint density at radius 2 is 1.64 bits per heavy atom. The molecule has 6 nitrogen and oxygen atoms in total. The summed E-state index contributed by atoms with van der Waals surface area (Å²) >= 11 is 1.65. The third-order valence-electron chi connectivity index (χ3n) is 5.99. The van der Waals surface area contributed by atoms with Gasteiger partial charge in [-0.2, -0.15) is 0 Å². The number of hydrogen-bond acceptors (Lipinski definition) is 7. The van der Waals surface area contributed by atoms with Crippen molar-refractivity contribution in [3.8, 4) is 5.75 Å². The van der Waals surface area contributed by atoms with Gasteiger partial charge in [0, 0.05) is 19.3 Å². The molecule has 7 heteroatoms. The topological polar surface area (TPSA) is 59.4 Å². The minimum atomic E-state index is 0.00573. The van der Waals surface area contributed by atoms with Crippen molar-refractivity contribution in [2.75, 3.05) is 18.1 Å². The van der Waals surface area contributed by atoms with E-state index in [0.29, 0.717) is 0 Å². The molecule has 0 saturated carbocycles. The first-order chi connectivity index (χ1) is 17.6. The van der Waals surface area contributed by atoms with Crippen molar-refractivity contribution in [1.82, 2.24) is 9.91 Å². The van der Waals surface area contributed by atoms with Crippen molar-refractivity contribution in [3.05, 3.63) is 124 Å².